The van der Waals surface area contributed by atoms with Gasteiger partial charge in [0.25, 0.3) is 5.56 Å². The lowest BCUT2D eigenvalue weighted by Crippen LogP contribution is -2.16. The van der Waals surface area contributed by atoms with Gasteiger partial charge in [-0.05, 0) is 36.4 Å². The number of aromatic amines is 1. The number of imidazole rings is 1. The Morgan fingerprint density at radius 3 is 2.64 bits per heavy atom. The normalized spacial score (nSPS) is 11.1. The fourth-order valence-electron chi connectivity index (χ4n) is 2.64. The lowest BCUT2D eigenvalue weighted by atomic mass is 10.1. The van der Waals surface area contributed by atoms with E-state index in [9.17, 15) is 4.79 Å². The van der Waals surface area contributed by atoms with Gasteiger partial charge in [0.05, 0.1) is 24.3 Å². The Kier molecular flexibility index (Phi) is 2.72. The summed E-state index contributed by atoms with van der Waals surface area (Å²) in [5.41, 5.74) is 3.49. The van der Waals surface area contributed by atoms with Crippen molar-refractivity contribution < 1.29 is 4.74 Å². The molecule has 0 saturated carbocycles. The van der Waals surface area contributed by atoms with Gasteiger partial charge in [0.15, 0.2) is 0 Å². The summed E-state index contributed by atoms with van der Waals surface area (Å²) in [4.78, 5) is 20.3. The zero-order valence-electron chi connectivity index (χ0n) is 11.9. The van der Waals surface area contributed by atoms with E-state index in [1.54, 1.807) is 17.7 Å². The maximum Gasteiger partial charge on any atom is 0.283 e. The van der Waals surface area contributed by atoms with E-state index >= 15 is 0 Å². The smallest absolute Gasteiger partial charge is 0.283 e. The van der Waals surface area contributed by atoms with Crippen LogP contribution in [0.25, 0.3) is 27.9 Å². The largest absolute Gasteiger partial charge is 0.497 e. The third-order valence-corrected chi connectivity index (χ3v) is 3.73. The van der Waals surface area contributed by atoms with Gasteiger partial charge in [0.1, 0.15) is 17.1 Å². The van der Waals surface area contributed by atoms with Crippen LogP contribution in [0.3, 0.4) is 0 Å². The second-order valence-electron chi connectivity index (χ2n) is 5.00. The van der Waals surface area contributed by atoms with E-state index in [0.29, 0.717) is 11.3 Å². The summed E-state index contributed by atoms with van der Waals surface area (Å²) >= 11 is 0. The van der Waals surface area contributed by atoms with Crippen molar-refractivity contribution in [2.24, 2.45) is 0 Å². The first-order valence-electron chi connectivity index (χ1n) is 6.91. The molecule has 2 aromatic carbocycles. The molecule has 108 valence electrons. The van der Waals surface area contributed by atoms with E-state index in [1.165, 1.54) is 0 Å². The maximum atomic E-state index is 12.8. The number of rotatable bonds is 2. The third-order valence-electron chi connectivity index (χ3n) is 3.73. The van der Waals surface area contributed by atoms with Crippen molar-refractivity contribution in [2.45, 2.75) is 0 Å². The van der Waals surface area contributed by atoms with Gasteiger partial charge in [-0.25, -0.2) is 4.98 Å². The molecule has 4 rings (SSSR count). The van der Waals surface area contributed by atoms with Crippen molar-refractivity contribution >= 4 is 16.7 Å². The van der Waals surface area contributed by atoms with Gasteiger partial charge >= 0.3 is 0 Å². The molecule has 22 heavy (non-hydrogen) atoms. The molecule has 0 unspecified atom stereocenters. The second kappa shape index (κ2) is 4.73. The van der Waals surface area contributed by atoms with E-state index in [-0.39, 0.29) is 5.56 Å². The first-order chi connectivity index (χ1) is 10.8. The molecular formula is C17H13N3O2. The number of nitrogens with zero attached hydrogens (tertiary/aromatic N) is 2. The summed E-state index contributed by atoms with van der Waals surface area (Å²) in [7, 11) is 1.61. The van der Waals surface area contributed by atoms with E-state index in [4.69, 9.17) is 4.74 Å². The topological polar surface area (TPSA) is 59.4 Å². The summed E-state index contributed by atoms with van der Waals surface area (Å²) in [5.74, 6) is 0.747. The van der Waals surface area contributed by atoms with E-state index in [2.05, 4.69) is 9.97 Å². The van der Waals surface area contributed by atoms with Crippen LogP contribution in [0.2, 0.25) is 0 Å². The standard InChI is InChI=1S/C17H13N3O2/c1-22-12-8-6-11(7-9-12)16-17(21)20-14-5-3-2-4-13(14)19-15(20)10-18-16/h2-10,19H,1H3. The van der Waals surface area contributed by atoms with E-state index in [0.717, 1.165) is 22.3 Å². The van der Waals surface area contributed by atoms with Crippen molar-refractivity contribution in [3.05, 3.63) is 65.1 Å². The summed E-state index contributed by atoms with van der Waals surface area (Å²) in [6.07, 6.45) is 1.68. The lowest BCUT2D eigenvalue weighted by Gasteiger charge is -2.03. The van der Waals surface area contributed by atoms with Crippen LogP contribution >= 0.6 is 0 Å². The SMILES string of the molecule is COc1ccc(-c2ncc3[nH]c4ccccc4n3c2=O)cc1. The molecule has 0 aliphatic rings. The number of H-pyrrole nitrogens is 1. The minimum absolute atomic E-state index is 0.139. The molecule has 0 aliphatic heterocycles. The number of methoxy groups -OCH3 is 1. The highest BCUT2D eigenvalue weighted by Gasteiger charge is 2.11. The van der Waals surface area contributed by atoms with Crippen molar-refractivity contribution in [1.29, 1.82) is 0 Å². The van der Waals surface area contributed by atoms with Crippen molar-refractivity contribution in [1.82, 2.24) is 14.4 Å². The van der Waals surface area contributed by atoms with Crippen molar-refractivity contribution in [2.75, 3.05) is 7.11 Å². The molecule has 0 spiro atoms. The van der Waals surface area contributed by atoms with Gasteiger partial charge in [0, 0.05) is 5.56 Å². The molecule has 1 N–H and O–H groups in total. The average molecular weight is 291 g/mol. The van der Waals surface area contributed by atoms with Crippen molar-refractivity contribution in [3.63, 3.8) is 0 Å². The molecule has 0 saturated heterocycles. The summed E-state index contributed by atoms with van der Waals surface area (Å²) < 4.78 is 6.80. The minimum Gasteiger partial charge on any atom is -0.497 e. The number of aromatic nitrogens is 3. The van der Waals surface area contributed by atoms with Gasteiger partial charge in [-0.1, -0.05) is 12.1 Å². The summed E-state index contributed by atoms with van der Waals surface area (Å²) in [6, 6.07) is 15.0. The number of ether oxygens (including phenoxy) is 1. The Balaban J connectivity index is 2.00. The lowest BCUT2D eigenvalue weighted by molar-refractivity contribution is 0.415. The number of hydrogen-bond acceptors (Lipinski definition) is 3. The first kappa shape index (κ1) is 12.6. The van der Waals surface area contributed by atoms with Crippen LogP contribution < -0.4 is 10.3 Å². The third kappa shape index (κ3) is 1.79. The second-order valence-corrected chi connectivity index (χ2v) is 5.00. The van der Waals surface area contributed by atoms with Crippen molar-refractivity contribution in [3.8, 4) is 17.0 Å². The van der Waals surface area contributed by atoms with Gasteiger partial charge in [-0.15, -0.1) is 0 Å². The maximum absolute atomic E-state index is 12.8. The zero-order valence-corrected chi connectivity index (χ0v) is 11.9. The molecule has 0 amide bonds. The highest BCUT2D eigenvalue weighted by Crippen LogP contribution is 2.20. The number of hydrogen-bond donors (Lipinski definition) is 1. The van der Waals surface area contributed by atoms with Crippen LogP contribution in [0.5, 0.6) is 5.75 Å². The van der Waals surface area contributed by atoms with Gasteiger partial charge in [-0.2, -0.15) is 0 Å². The molecule has 2 heterocycles. The van der Waals surface area contributed by atoms with Gasteiger partial charge in [0.2, 0.25) is 0 Å². The molecule has 5 nitrogen and oxygen atoms in total. The summed E-state index contributed by atoms with van der Waals surface area (Å²) in [5, 5.41) is 0. The van der Waals surface area contributed by atoms with Crippen LogP contribution in [-0.2, 0) is 0 Å². The van der Waals surface area contributed by atoms with Crippen LogP contribution in [0, 0.1) is 0 Å². The highest BCUT2D eigenvalue weighted by atomic mass is 16.5. The number of nitrogens with one attached hydrogen (secondary N) is 1. The van der Waals surface area contributed by atoms with Crippen LogP contribution in [0.15, 0.2) is 59.5 Å². The highest BCUT2D eigenvalue weighted by molar-refractivity contribution is 5.80. The molecule has 0 radical (unpaired) electrons. The Labute approximate surface area is 125 Å². The Bertz CT molecular complexity index is 1030. The molecule has 0 aliphatic carbocycles. The fourth-order valence-corrected chi connectivity index (χ4v) is 2.64. The minimum atomic E-state index is -0.139. The molecule has 5 heteroatoms. The van der Waals surface area contributed by atoms with E-state index < -0.39 is 0 Å². The molecular weight excluding hydrogens is 278 g/mol. The monoisotopic (exact) mass is 291 g/mol. The summed E-state index contributed by atoms with van der Waals surface area (Å²) in [6.45, 7) is 0. The first-order valence-corrected chi connectivity index (χ1v) is 6.91. The predicted octanol–water partition coefficient (Wildman–Crippen LogP) is 2.85. The predicted molar refractivity (Wildman–Crippen MR) is 85.3 cm³/mol. The van der Waals surface area contributed by atoms with Crippen LogP contribution in [0.4, 0.5) is 0 Å². The fraction of sp³-hybridized carbons (Fsp3) is 0.0588. The van der Waals surface area contributed by atoms with Crippen LogP contribution in [-0.4, -0.2) is 21.5 Å². The van der Waals surface area contributed by atoms with Gasteiger partial charge in [-0.3, -0.25) is 9.20 Å². The average Bonchev–Trinajstić information content (AvgIpc) is 2.95. The molecule has 0 atom stereocenters. The van der Waals surface area contributed by atoms with Crippen LogP contribution in [0.1, 0.15) is 0 Å². The Morgan fingerprint density at radius 2 is 1.86 bits per heavy atom. The number of benzene rings is 2. The zero-order chi connectivity index (χ0) is 15.1. The quantitative estimate of drug-likeness (QED) is 0.618. The number of para-hydroxylation sites is 2. The Hall–Kier alpha value is -3.08. The number of fused-ring (bicyclic) bond motifs is 3. The molecule has 4 aromatic rings. The van der Waals surface area contributed by atoms with E-state index in [1.807, 2.05) is 48.5 Å². The molecule has 0 bridgehead atoms. The molecule has 0 fully saturated rings. The molecule has 2 aromatic heterocycles. The Morgan fingerprint density at radius 1 is 1.09 bits per heavy atom. The van der Waals surface area contributed by atoms with Gasteiger partial charge < -0.3 is 9.72 Å².